The van der Waals surface area contributed by atoms with Gasteiger partial charge in [-0.1, -0.05) is 39.0 Å². The molecule has 0 aliphatic rings. The molecule has 0 bridgehead atoms. The zero-order valence-corrected chi connectivity index (χ0v) is 10.8. The molecule has 5 heteroatoms. The number of unbranched alkanes of at least 4 members (excludes halogenated alkanes) is 4. The first-order chi connectivity index (χ1) is 8.56. The Morgan fingerprint density at radius 2 is 1.83 bits per heavy atom. The van der Waals surface area contributed by atoms with Crippen LogP contribution in [0.3, 0.4) is 0 Å². The first-order valence-electron chi connectivity index (χ1n) is 6.32. The molecule has 0 spiro atoms. The van der Waals surface area contributed by atoms with Crippen LogP contribution in [0.5, 0.6) is 0 Å². The smallest absolute Gasteiger partial charge is 0.331 e. The number of rotatable bonds is 10. The summed E-state index contributed by atoms with van der Waals surface area (Å²) in [7, 11) is 0. The lowest BCUT2D eigenvalue weighted by Crippen LogP contribution is -2.17. The number of hydrogen-bond acceptors (Lipinski definition) is 4. The SMILES string of the molecule is CCCCCCCC(O)COC(=O)C=CC(=O)O. The van der Waals surface area contributed by atoms with Crippen LogP contribution in [0.1, 0.15) is 45.4 Å². The molecule has 0 aliphatic heterocycles. The lowest BCUT2D eigenvalue weighted by Gasteiger charge is -2.09. The predicted octanol–water partition coefficient (Wildman–Crippen LogP) is 1.89. The Kier molecular flexibility index (Phi) is 9.96. The van der Waals surface area contributed by atoms with E-state index in [2.05, 4.69) is 6.92 Å². The number of aliphatic carboxylic acids is 1. The van der Waals surface area contributed by atoms with Crippen LogP contribution in [-0.4, -0.2) is 34.9 Å². The second-order valence-electron chi connectivity index (χ2n) is 4.16. The van der Waals surface area contributed by atoms with E-state index in [1.54, 1.807) is 0 Å². The first-order valence-corrected chi connectivity index (χ1v) is 6.32. The van der Waals surface area contributed by atoms with E-state index >= 15 is 0 Å². The Morgan fingerprint density at radius 1 is 1.17 bits per heavy atom. The molecule has 0 saturated heterocycles. The van der Waals surface area contributed by atoms with Gasteiger partial charge in [-0.2, -0.15) is 0 Å². The van der Waals surface area contributed by atoms with Gasteiger partial charge >= 0.3 is 11.9 Å². The van der Waals surface area contributed by atoms with Gasteiger partial charge < -0.3 is 14.9 Å². The number of aliphatic hydroxyl groups excluding tert-OH is 1. The fourth-order valence-electron chi connectivity index (χ4n) is 1.43. The Labute approximate surface area is 107 Å². The van der Waals surface area contributed by atoms with E-state index < -0.39 is 18.0 Å². The van der Waals surface area contributed by atoms with Crippen LogP contribution in [0.25, 0.3) is 0 Å². The third-order valence-electron chi connectivity index (χ3n) is 2.42. The Morgan fingerprint density at radius 3 is 2.44 bits per heavy atom. The maximum absolute atomic E-state index is 11.0. The van der Waals surface area contributed by atoms with E-state index in [9.17, 15) is 14.7 Å². The third kappa shape index (κ3) is 11.1. The monoisotopic (exact) mass is 258 g/mol. The molecule has 0 aromatic heterocycles. The van der Waals surface area contributed by atoms with E-state index in [-0.39, 0.29) is 6.61 Å². The largest absolute Gasteiger partial charge is 0.478 e. The molecule has 104 valence electrons. The van der Waals surface area contributed by atoms with Gasteiger partial charge in [0.2, 0.25) is 0 Å². The van der Waals surface area contributed by atoms with Gasteiger partial charge in [0.15, 0.2) is 0 Å². The average Bonchev–Trinajstić information content (AvgIpc) is 2.33. The normalized spacial score (nSPS) is 12.6. The van der Waals surface area contributed by atoms with E-state index in [4.69, 9.17) is 9.84 Å². The van der Waals surface area contributed by atoms with Gasteiger partial charge in [-0.3, -0.25) is 0 Å². The van der Waals surface area contributed by atoms with Crippen molar-refractivity contribution >= 4 is 11.9 Å². The van der Waals surface area contributed by atoms with Crippen molar-refractivity contribution in [3.8, 4) is 0 Å². The number of ether oxygens (including phenoxy) is 1. The minimum atomic E-state index is -1.21. The summed E-state index contributed by atoms with van der Waals surface area (Å²) in [6.45, 7) is 2.05. The summed E-state index contributed by atoms with van der Waals surface area (Å²) in [6, 6.07) is 0. The zero-order chi connectivity index (χ0) is 13.8. The molecule has 1 atom stereocenters. The van der Waals surface area contributed by atoms with Crippen molar-refractivity contribution in [2.24, 2.45) is 0 Å². The summed E-state index contributed by atoms with van der Waals surface area (Å²) < 4.78 is 4.69. The molecule has 0 radical (unpaired) electrons. The zero-order valence-electron chi connectivity index (χ0n) is 10.8. The van der Waals surface area contributed by atoms with Gasteiger partial charge in [-0.25, -0.2) is 9.59 Å². The summed E-state index contributed by atoms with van der Waals surface area (Å²) in [5.74, 6) is -1.95. The molecule has 18 heavy (non-hydrogen) atoms. The molecule has 0 aromatic rings. The minimum Gasteiger partial charge on any atom is -0.478 e. The molecular weight excluding hydrogens is 236 g/mol. The number of carboxylic acids is 1. The summed E-state index contributed by atoms with van der Waals surface area (Å²) in [6.07, 6.45) is 6.97. The van der Waals surface area contributed by atoms with Crippen LogP contribution in [-0.2, 0) is 14.3 Å². The van der Waals surface area contributed by atoms with E-state index in [0.717, 1.165) is 25.3 Å². The third-order valence-corrected chi connectivity index (χ3v) is 2.42. The number of carboxylic acid groups (broad SMARTS) is 1. The second kappa shape index (κ2) is 10.8. The molecule has 2 N–H and O–H groups in total. The molecule has 5 nitrogen and oxygen atoms in total. The van der Waals surface area contributed by atoms with Crippen molar-refractivity contribution < 1.29 is 24.5 Å². The molecule has 0 saturated carbocycles. The van der Waals surface area contributed by atoms with Crippen molar-refractivity contribution in [1.82, 2.24) is 0 Å². The van der Waals surface area contributed by atoms with Gasteiger partial charge in [0.1, 0.15) is 6.61 Å². The van der Waals surface area contributed by atoms with Crippen LogP contribution in [0.4, 0.5) is 0 Å². The summed E-state index contributed by atoms with van der Waals surface area (Å²) in [4.78, 5) is 21.1. The van der Waals surface area contributed by atoms with Gasteiger partial charge in [-0.05, 0) is 6.42 Å². The van der Waals surface area contributed by atoms with E-state index in [0.29, 0.717) is 12.5 Å². The van der Waals surface area contributed by atoms with Gasteiger partial charge in [0.05, 0.1) is 6.10 Å². The van der Waals surface area contributed by atoms with Crippen LogP contribution in [0.15, 0.2) is 12.2 Å². The van der Waals surface area contributed by atoms with Crippen LogP contribution in [0, 0.1) is 0 Å². The average molecular weight is 258 g/mol. The molecule has 0 amide bonds. The van der Waals surface area contributed by atoms with Crippen LogP contribution in [0.2, 0.25) is 0 Å². The molecule has 1 unspecified atom stereocenters. The summed E-state index contributed by atoms with van der Waals surface area (Å²) >= 11 is 0. The van der Waals surface area contributed by atoms with Crippen LogP contribution < -0.4 is 0 Å². The molecule has 0 fully saturated rings. The predicted molar refractivity (Wildman–Crippen MR) is 67.1 cm³/mol. The van der Waals surface area contributed by atoms with Gasteiger partial charge in [-0.15, -0.1) is 0 Å². The quantitative estimate of drug-likeness (QED) is 0.355. The molecule has 0 aliphatic carbocycles. The van der Waals surface area contributed by atoms with Crippen molar-refractivity contribution in [2.75, 3.05) is 6.61 Å². The lowest BCUT2D eigenvalue weighted by molar-refractivity contribution is -0.141. The number of esters is 1. The Balaban J connectivity index is 3.54. The topological polar surface area (TPSA) is 83.8 Å². The van der Waals surface area contributed by atoms with E-state index in [1.165, 1.54) is 12.8 Å². The highest BCUT2D eigenvalue weighted by Crippen LogP contribution is 2.07. The Bertz CT molecular complexity index is 273. The van der Waals surface area contributed by atoms with Crippen molar-refractivity contribution in [2.45, 2.75) is 51.6 Å². The number of aliphatic hydroxyl groups is 1. The lowest BCUT2D eigenvalue weighted by atomic mass is 10.1. The number of carbonyl (C=O) groups is 2. The van der Waals surface area contributed by atoms with Gasteiger partial charge in [0.25, 0.3) is 0 Å². The first kappa shape index (κ1) is 16.6. The van der Waals surface area contributed by atoms with Crippen molar-refractivity contribution in [3.05, 3.63) is 12.2 Å². The highest BCUT2D eigenvalue weighted by Gasteiger charge is 2.06. The fourth-order valence-corrected chi connectivity index (χ4v) is 1.43. The number of hydrogen-bond donors (Lipinski definition) is 2. The Hall–Kier alpha value is -1.36. The van der Waals surface area contributed by atoms with Crippen molar-refractivity contribution in [1.29, 1.82) is 0 Å². The highest BCUT2D eigenvalue weighted by molar-refractivity contribution is 5.90. The van der Waals surface area contributed by atoms with Crippen molar-refractivity contribution in [3.63, 3.8) is 0 Å². The summed E-state index contributed by atoms with van der Waals surface area (Å²) in [5.41, 5.74) is 0. The highest BCUT2D eigenvalue weighted by atomic mass is 16.5. The summed E-state index contributed by atoms with van der Waals surface area (Å²) in [5, 5.41) is 17.8. The standard InChI is InChI=1S/C13H22O5/c1-2-3-4-5-6-7-11(14)10-18-13(17)9-8-12(15)16/h8-9,11,14H,2-7,10H2,1H3,(H,15,16). The molecule has 0 aromatic carbocycles. The second-order valence-corrected chi connectivity index (χ2v) is 4.16. The maximum atomic E-state index is 11.0. The molecular formula is C13H22O5. The maximum Gasteiger partial charge on any atom is 0.331 e. The molecule has 0 rings (SSSR count). The van der Waals surface area contributed by atoms with Crippen LogP contribution >= 0.6 is 0 Å². The van der Waals surface area contributed by atoms with E-state index in [1.807, 2.05) is 0 Å². The minimum absolute atomic E-state index is 0.0867. The van der Waals surface area contributed by atoms with Gasteiger partial charge in [0, 0.05) is 12.2 Å². The molecule has 0 heterocycles. The number of carbonyl (C=O) groups excluding carboxylic acids is 1. The fraction of sp³-hybridized carbons (Fsp3) is 0.692.